The van der Waals surface area contributed by atoms with Crippen LogP contribution in [0, 0.1) is 6.92 Å². The predicted octanol–water partition coefficient (Wildman–Crippen LogP) is 2.76. The van der Waals surface area contributed by atoms with E-state index in [1.807, 2.05) is 13.1 Å². The van der Waals surface area contributed by atoms with Crippen LogP contribution in [0.1, 0.15) is 21.8 Å². The third kappa shape index (κ3) is 1.96. The number of rotatable bonds is 2. The number of imidazole rings is 1. The molecule has 0 amide bonds. The first-order valence-corrected chi connectivity index (χ1v) is 7.90. The largest absolute Gasteiger partial charge is 0.348 e. The van der Waals surface area contributed by atoms with Gasteiger partial charge in [0.15, 0.2) is 0 Å². The minimum absolute atomic E-state index is 0.0919. The van der Waals surface area contributed by atoms with Crippen molar-refractivity contribution in [2.75, 3.05) is 0 Å². The van der Waals surface area contributed by atoms with E-state index in [9.17, 15) is 4.79 Å². The van der Waals surface area contributed by atoms with Crippen LogP contribution in [0.2, 0.25) is 0 Å². The monoisotopic (exact) mass is 297 g/mol. The quantitative estimate of drug-likeness (QED) is 0.790. The molecule has 0 bridgehead atoms. The number of H-pyrrole nitrogens is 1. The van der Waals surface area contributed by atoms with Crippen molar-refractivity contribution >= 4 is 11.3 Å². The highest BCUT2D eigenvalue weighted by molar-refractivity contribution is 7.10. The molecule has 4 nitrogen and oxygen atoms in total. The van der Waals surface area contributed by atoms with Crippen molar-refractivity contribution < 1.29 is 0 Å². The summed E-state index contributed by atoms with van der Waals surface area (Å²) in [4.78, 5) is 21.5. The lowest BCUT2D eigenvalue weighted by Crippen LogP contribution is -2.25. The van der Waals surface area contributed by atoms with Gasteiger partial charge in [-0.3, -0.25) is 4.79 Å². The highest BCUT2D eigenvalue weighted by atomic mass is 32.1. The highest BCUT2D eigenvalue weighted by Crippen LogP contribution is 2.34. The van der Waals surface area contributed by atoms with Gasteiger partial charge in [-0.2, -0.15) is 0 Å². The van der Waals surface area contributed by atoms with Crippen LogP contribution in [0.25, 0.3) is 11.1 Å². The van der Waals surface area contributed by atoms with Crippen LogP contribution >= 0.6 is 11.3 Å². The predicted molar refractivity (Wildman–Crippen MR) is 83.8 cm³/mol. The van der Waals surface area contributed by atoms with Crippen molar-refractivity contribution in [2.24, 2.45) is 0 Å². The van der Waals surface area contributed by atoms with Crippen molar-refractivity contribution in [3.05, 3.63) is 62.2 Å². The number of aromatic amines is 1. The van der Waals surface area contributed by atoms with E-state index in [4.69, 9.17) is 0 Å². The Morgan fingerprint density at radius 1 is 1.38 bits per heavy atom. The van der Waals surface area contributed by atoms with Crippen molar-refractivity contribution in [3.8, 4) is 11.1 Å². The molecule has 0 saturated heterocycles. The summed E-state index contributed by atoms with van der Waals surface area (Å²) in [6, 6.07) is 4.16. The lowest BCUT2D eigenvalue weighted by atomic mass is 9.92. The molecule has 3 heterocycles. The fraction of sp³-hybridized carbons (Fsp3) is 0.250. The Bertz CT molecular complexity index is 872. The normalized spacial score (nSPS) is 13.0. The van der Waals surface area contributed by atoms with Gasteiger partial charge < -0.3 is 9.55 Å². The summed E-state index contributed by atoms with van der Waals surface area (Å²) in [5.41, 5.74) is 5.19. The number of aryl methyl sites for hydroxylation is 3. The Kier molecular flexibility index (Phi) is 2.82. The van der Waals surface area contributed by atoms with Gasteiger partial charge in [0.2, 0.25) is 0 Å². The number of pyridine rings is 1. The average Bonchev–Trinajstić information content (AvgIpc) is 3.10. The molecule has 1 N–H and O–H groups in total. The molecule has 5 heteroatoms. The topological polar surface area (TPSA) is 50.7 Å². The Morgan fingerprint density at radius 2 is 2.29 bits per heavy atom. The molecule has 0 aliphatic heterocycles. The van der Waals surface area contributed by atoms with Crippen LogP contribution in [-0.4, -0.2) is 14.5 Å². The molecule has 3 aromatic heterocycles. The fourth-order valence-electron chi connectivity index (χ4n) is 2.95. The molecular weight excluding hydrogens is 282 g/mol. The fourth-order valence-corrected chi connectivity index (χ4v) is 3.83. The number of fused-ring (bicyclic) bond motifs is 3. The lowest BCUT2D eigenvalue weighted by Gasteiger charge is -2.17. The van der Waals surface area contributed by atoms with Gasteiger partial charge in [-0.25, -0.2) is 4.98 Å². The third-order valence-electron chi connectivity index (χ3n) is 4.14. The number of nitrogens with zero attached hydrogens (tertiary/aromatic N) is 2. The van der Waals surface area contributed by atoms with Crippen LogP contribution in [0.5, 0.6) is 0 Å². The van der Waals surface area contributed by atoms with E-state index in [0.29, 0.717) is 6.54 Å². The van der Waals surface area contributed by atoms with Crippen molar-refractivity contribution in [2.45, 2.75) is 26.3 Å². The second-order valence-corrected chi connectivity index (χ2v) is 6.38. The molecule has 21 heavy (non-hydrogen) atoms. The number of nitrogens with one attached hydrogen (secondary N) is 1. The van der Waals surface area contributed by atoms with Crippen LogP contribution in [0.15, 0.2) is 34.8 Å². The Labute approximate surface area is 126 Å². The molecule has 3 aromatic rings. The van der Waals surface area contributed by atoms with E-state index in [1.54, 1.807) is 22.2 Å². The zero-order valence-corrected chi connectivity index (χ0v) is 12.5. The Hall–Kier alpha value is -2.14. The zero-order chi connectivity index (χ0) is 14.4. The van der Waals surface area contributed by atoms with Crippen LogP contribution < -0.4 is 5.56 Å². The molecule has 1 aliphatic carbocycles. The number of hydrogen-bond donors (Lipinski definition) is 1. The van der Waals surface area contributed by atoms with Gasteiger partial charge in [-0.15, -0.1) is 11.3 Å². The highest BCUT2D eigenvalue weighted by Gasteiger charge is 2.21. The van der Waals surface area contributed by atoms with E-state index >= 15 is 0 Å². The molecular formula is C16H15N3OS. The van der Waals surface area contributed by atoms with Gasteiger partial charge in [-0.05, 0) is 42.8 Å². The molecule has 4 rings (SSSR count). The average molecular weight is 297 g/mol. The first-order valence-electron chi connectivity index (χ1n) is 7.02. The maximum atomic E-state index is 12.8. The van der Waals surface area contributed by atoms with Crippen LogP contribution in [0.3, 0.4) is 0 Å². The van der Waals surface area contributed by atoms with Gasteiger partial charge >= 0.3 is 0 Å². The molecule has 0 saturated carbocycles. The summed E-state index contributed by atoms with van der Waals surface area (Å²) in [6.07, 6.45) is 5.57. The molecule has 0 radical (unpaired) electrons. The molecule has 0 spiro atoms. The third-order valence-corrected chi connectivity index (χ3v) is 5.12. The summed E-state index contributed by atoms with van der Waals surface area (Å²) < 4.78 is 1.76. The molecule has 0 atom stereocenters. The zero-order valence-electron chi connectivity index (χ0n) is 11.7. The number of hydrogen-bond acceptors (Lipinski definition) is 3. The van der Waals surface area contributed by atoms with Gasteiger partial charge in [0, 0.05) is 22.3 Å². The summed E-state index contributed by atoms with van der Waals surface area (Å²) in [7, 11) is 0. The SMILES string of the molecule is Cc1[nH]cnc1Cn1ccc2c(c1=O)-c1ccsc1CC2. The van der Waals surface area contributed by atoms with E-state index in [-0.39, 0.29) is 5.56 Å². The summed E-state index contributed by atoms with van der Waals surface area (Å²) >= 11 is 1.75. The number of aromatic nitrogens is 3. The standard InChI is InChI=1S/C16H15N3OS/c1-10-13(18-9-17-10)8-19-6-4-11-2-3-14-12(5-7-21-14)15(11)16(19)20/h4-7,9H,2-3,8H2,1H3,(H,17,18). The second-order valence-electron chi connectivity index (χ2n) is 5.38. The van der Waals surface area contributed by atoms with Crippen molar-refractivity contribution in [1.82, 2.24) is 14.5 Å². The number of thiophene rings is 1. The van der Waals surface area contributed by atoms with Crippen LogP contribution in [-0.2, 0) is 19.4 Å². The smallest absolute Gasteiger partial charge is 0.259 e. The molecule has 0 fully saturated rings. The molecule has 0 aromatic carbocycles. The van der Waals surface area contributed by atoms with Gasteiger partial charge in [-0.1, -0.05) is 0 Å². The second kappa shape index (κ2) is 4.70. The first-order chi connectivity index (χ1) is 10.2. The maximum Gasteiger partial charge on any atom is 0.259 e. The molecule has 0 unspecified atom stereocenters. The van der Waals surface area contributed by atoms with E-state index < -0.39 is 0 Å². The molecule has 1 aliphatic rings. The van der Waals surface area contributed by atoms with Crippen molar-refractivity contribution in [3.63, 3.8) is 0 Å². The first kappa shape index (κ1) is 12.6. The Morgan fingerprint density at radius 3 is 3.10 bits per heavy atom. The lowest BCUT2D eigenvalue weighted by molar-refractivity contribution is 0.734. The van der Waals surface area contributed by atoms with Gasteiger partial charge in [0.1, 0.15) is 0 Å². The van der Waals surface area contributed by atoms with Gasteiger partial charge in [0.25, 0.3) is 5.56 Å². The summed E-state index contributed by atoms with van der Waals surface area (Å²) in [5.74, 6) is 0. The van der Waals surface area contributed by atoms with E-state index in [1.165, 1.54) is 10.4 Å². The van der Waals surface area contributed by atoms with E-state index in [2.05, 4.69) is 27.5 Å². The minimum Gasteiger partial charge on any atom is -0.348 e. The molecule has 106 valence electrons. The van der Waals surface area contributed by atoms with Crippen LogP contribution in [0.4, 0.5) is 0 Å². The maximum absolute atomic E-state index is 12.8. The summed E-state index contributed by atoms with van der Waals surface area (Å²) in [6.45, 7) is 2.49. The van der Waals surface area contributed by atoms with E-state index in [0.717, 1.165) is 35.4 Å². The van der Waals surface area contributed by atoms with Gasteiger partial charge in [0.05, 0.1) is 24.1 Å². The summed E-state index contributed by atoms with van der Waals surface area (Å²) in [5, 5.41) is 2.08. The van der Waals surface area contributed by atoms with Crippen molar-refractivity contribution in [1.29, 1.82) is 0 Å². The minimum atomic E-state index is 0.0919. The Balaban J connectivity index is 1.84.